The van der Waals surface area contributed by atoms with Crippen molar-refractivity contribution in [2.45, 2.75) is 25.2 Å². The van der Waals surface area contributed by atoms with E-state index in [9.17, 15) is 13.2 Å². The number of aromatic carboxylic acids is 1. The fourth-order valence-electron chi connectivity index (χ4n) is 1.45. The van der Waals surface area contributed by atoms with E-state index < -0.39 is 15.8 Å². The molecule has 1 rings (SSSR count). The third kappa shape index (κ3) is 2.61. The molecule has 0 spiro atoms. The van der Waals surface area contributed by atoms with E-state index in [0.717, 1.165) is 0 Å². The highest BCUT2D eigenvalue weighted by molar-refractivity contribution is 7.91. The smallest absolute Gasteiger partial charge is 0.335 e. The van der Waals surface area contributed by atoms with Crippen LogP contribution in [0.25, 0.3) is 0 Å². The summed E-state index contributed by atoms with van der Waals surface area (Å²) in [4.78, 5) is 10.9. The van der Waals surface area contributed by atoms with Gasteiger partial charge in [0.2, 0.25) is 0 Å². The van der Waals surface area contributed by atoms with Crippen molar-refractivity contribution in [2.75, 3.05) is 5.75 Å². The maximum absolute atomic E-state index is 11.8. The zero-order valence-corrected chi connectivity index (χ0v) is 10.0. The van der Waals surface area contributed by atoms with Gasteiger partial charge in [0.25, 0.3) is 0 Å². The lowest BCUT2D eigenvalue weighted by atomic mass is 10.1. The summed E-state index contributed by atoms with van der Waals surface area (Å²) in [5, 5.41) is 8.80. The highest BCUT2D eigenvalue weighted by atomic mass is 32.2. The Morgan fingerprint density at radius 1 is 1.38 bits per heavy atom. The van der Waals surface area contributed by atoms with E-state index in [4.69, 9.17) is 5.11 Å². The minimum Gasteiger partial charge on any atom is -0.478 e. The topological polar surface area (TPSA) is 71.4 Å². The molecule has 0 amide bonds. The van der Waals surface area contributed by atoms with Crippen molar-refractivity contribution in [3.63, 3.8) is 0 Å². The molecule has 0 bridgehead atoms. The Balaban J connectivity index is 3.33. The Bertz CT molecular complexity index is 503. The van der Waals surface area contributed by atoms with Crippen LogP contribution in [0, 0.1) is 6.92 Å². The predicted octanol–water partition coefficient (Wildman–Crippen LogP) is 1.88. The number of hydrogen-bond acceptors (Lipinski definition) is 3. The minimum absolute atomic E-state index is 0.000257. The summed E-state index contributed by atoms with van der Waals surface area (Å²) in [6.07, 6.45) is 0.513. The van der Waals surface area contributed by atoms with Gasteiger partial charge < -0.3 is 5.11 Å². The first-order valence-electron chi connectivity index (χ1n) is 4.95. The lowest BCUT2D eigenvalue weighted by Crippen LogP contribution is -2.09. The SMILES string of the molecule is CCCS(=O)(=O)c1cc(C(=O)O)ccc1C. The molecule has 0 unspecified atom stereocenters. The van der Waals surface area contributed by atoms with E-state index >= 15 is 0 Å². The lowest BCUT2D eigenvalue weighted by molar-refractivity contribution is 0.0696. The third-order valence-corrected chi connectivity index (χ3v) is 4.30. The molecule has 0 saturated carbocycles. The summed E-state index contributed by atoms with van der Waals surface area (Å²) in [5.41, 5.74) is 0.582. The highest BCUT2D eigenvalue weighted by Gasteiger charge is 2.17. The van der Waals surface area contributed by atoms with Gasteiger partial charge in [0.1, 0.15) is 0 Å². The van der Waals surface area contributed by atoms with E-state index in [-0.39, 0.29) is 16.2 Å². The largest absolute Gasteiger partial charge is 0.478 e. The normalized spacial score (nSPS) is 11.4. The van der Waals surface area contributed by atoms with Crippen molar-refractivity contribution in [3.05, 3.63) is 29.3 Å². The number of carboxylic acids is 1. The van der Waals surface area contributed by atoms with Gasteiger partial charge in [-0.3, -0.25) is 0 Å². The summed E-state index contributed by atoms with van der Waals surface area (Å²) in [7, 11) is -3.36. The zero-order chi connectivity index (χ0) is 12.3. The lowest BCUT2D eigenvalue weighted by Gasteiger charge is -2.07. The number of carboxylic acid groups (broad SMARTS) is 1. The molecule has 88 valence electrons. The Kier molecular flexibility index (Phi) is 3.70. The van der Waals surface area contributed by atoms with Gasteiger partial charge in [-0.05, 0) is 31.0 Å². The van der Waals surface area contributed by atoms with Gasteiger partial charge in [0, 0.05) is 0 Å². The Hall–Kier alpha value is -1.36. The Morgan fingerprint density at radius 2 is 2.00 bits per heavy atom. The van der Waals surface area contributed by atoms with Gasteiger partial charge >= 0.3 is 5.97 Å². The van der Waals surface area contributed by atoms with Crippen LogP contribution >= 0.6 is 0 Å². The van der Waals surface area contributed by atoms with Crippen molar-refractivity contribution in [1.29, 1.82) is 0 Å². The minimum atomic E-state index is -3.36. The van der Waals surface area contributed by atoms with E-state index in [1.54, 1.807) is 13.8 Å². The van der Waals surface area contributed by atoms with E-state index in [1.165, 1.54) is 18.2 Å². The van der Waals surface area contributed by atoms with Crippen LogP contribution in [0.2, 0.25) is 0 Å². The van der Waals surface area contributed by atoms with Crippen molar-refractivity contribution in [2.24, 2.45) is 0 Å². The Labute approximate surface area is 94.8 Å². The fraction of sp³-hybridized carbons (Fsp3) is 0.364. The van der Waals surface area contributed by atoms with Crippen LogP contribution in [-0.2, 0) is 9.84 Å². The maximum Gasteiger partial charge on any atom is 0.335 e. The molecule has 0 radical (unpaired) electrons. The zero-order valence-electron chi connectivity index (χ0n) is 9.23. The van der Waals surface area contributed by atoms with Gasteiger partial charge in [0.15, 0.2) is 9.84 Å². The van der Waals surface area contributed by atoms with E-state index in [2.05, 4.69) is 0 Å². The summed E-state index contributed by atoms with van der Waals surface area (Å²) >= 11 is 0. The molecule has 0 fully saturated rings. The molecule has 16 heavy (non-hydrogen) atoms. The van der Waals surface area contributed by atoms with Gasteiger partial charge in [-0.15, -0.1) is 0 Å². The van der Waals surface area contributed by atoms with Crippen LogP contribution in [0.5, 0.6) is 0 Å². The molecule has 0 aliphatic rings. The fourth-order valence-corrected chi connectivity index (χ4v) is 3.07. The second-order valence-corrected chi connectivity index (χ2v) is 5.68. The van der Waals surface area contributed by atoms with Crippen LogP contribution in [0.15, 0.2) is 23.1 Å². The average molecular weight is 242 g/mol. The average Bonchev–Trinajstić information content (AvgIpc) is 2.17. The molecule has 0 atom stereocenters. The first-order chi connectivity index (χ1) is 7.38. The molecule has 1 N–H and O–H groups in total. The van der Waals surface area contributed by atoms with Crippen molar-refractivity contribution < 1.29 is 18.3 Å². The maximum atomic E-state index is 11.8. The summed E-state index contributed by atoms with van der Waals surface area (Å²) in [6, 6.07) is 4.15. The molecular formula is C11H14O4S. The number of hydrogen-bond donors (Lipinski definition) is 1. The first kappa shape index (κ1) is 12.7. The molecule has 1 aromatic carbocycles. The summed E-state index contributed by atoms with van der Waals surface area (Å²) in [5.74, 6) is -1.08. The summed E-state index contributed by atoms with van der Waals surface area (Å²) in [6.45, 7) is 3.43. The molecule has 0 aliphatic carbocycles. The van der Waals surface area contributed by atoms with Crippen LogP contribution < -0.4 is 0 Å². The molecule has 5 heteroatoms. The number of aryl methyl sites for hydroxylation is 1. The van der Waals surface area contributed by atoms with Crippen molar-refractivity contribution >= 4 is 15.8 Å². The van der Waals surface area contributed by atoms with Gasteiger partial charge in [-0.1, -0.05) is 13.0 Å². The second kappa shape index (κ2) is 4.65. The molecule has 0 aliphatic heterocycles. The predicted molar refractivity (Wildman–Crippen MR) is 60.5 cm³/mol. The number of carbonyl (C=O) groups is 1. The van der Waals surface area contributed by atoms with Crippen LogP contribution in [0.4, 0.5) is 0 Å². The van der Waals surface area contributed by atoms with Crippen LogP contribution in [-0.4, -0.2) is 25.2 Å². The highest BCUT2D eigenvalue weighted by Crippen LogP contribution is 2.19. The molecule has 1 aromatic rings. The van der Waals surface area contributed by atoms with Crippen molar-refractivity contribution in [1.82, 2.24) is 0 Å². The monoisotopic (exact) mass is 242 g/mol. The van der Waals surface area contributed by atoms with Gasteiger partial charge in [-0.2, -0.15) is 0 Å². The second-order valence-electron chi connectivity index (χ2n) is 3.60. The molecular weight excluding hydrogens is 228 g/mol. The molecule has 0 aromatic heterocycles. The molecule has 0 heterocycles. The number of sulfone groups is 1. The van der Waals surface area contributed by atoms with Gasteiger partial charge in [-0.25, -0.2) is 13.2 Å². The molecule has 0 saturated heterocycles. The van der Waals surface area contributed by atoms with E-state index in [0.29, 0.717) is 12.0 Å². The van der Waals surface area contributed by atoms with E-state index in [1.807, 2.05) is 0 Å². The number of benzene rings is 1. The third-order valence-electron chi connectivity index (χ3n) is 2.24. The van der Waals surface area contributed by atoms with Crippen LogP contribution in [0.3, 0.4) is 0 Å². The molecule has 4 nitrogen and oxygen atoms in total. The van der Waals surface area contributed by atoms with Crippen molar-refractivity contribution in [3.8, 4) is 0 Å². The van der Waals surface area contributed by atoms with Crippen LogP contribution in [0.1, 0.15) is 29.3 Å². The quantitative estimate of drug-likeness (QED) is 0.875. The standard InChI is InChI=1S/C11H14O4S/c1-3-6-16(14,15)10-7-9(11(12)13)5-4-8(10)2/h4-5,7H,3,6H2,1-2H3,(H,12,13). The van der Waals surface area contributed by atoms with Gasteiger partial charge in [0.05, 0.1) is 16.2 Å². The summed E-state index contributed by atoms with van der Waals surface area (Å²) < 4.78 is 23.7. The number of rotatable bonds is 4. The Morgan fingerprint density at radius 3 is 2.50 bits per heavy atom. The first-order valence-corrected chi connectivity index (χ1v) is 6.60.